The first-order chi connectivity index (χ1) is 68.5. The average molecular weight is 2040 g/mol. The van der Waals surface area contributed by atoms with E-state index in [0.29, 0.717) is 136 Å². The standard InChI is InChI=1S/C28H37N5O5.C27H35N5O5.C18H27NO3.C18H25NO3.C17H26N2O3.CH4.2ClH/c1-37-25-9-8-22(16-29-25)20(15-26(35)38-2)7-6-19-10-12-33(13-11-19)27(36)21-4-3-5-23(14-21)32-28-30-17-24(34)18-31-28;1-37-24-8-7-21(15-28-24)19(14-25(34)35)6-5-18-9-11-32(12-10-18)26(36)20-3-2-4-22(13-20)31-27-29-16-23(33)17-30-27;2*1-21-17-11-10-16(13-19-17)15(12-18(20)22-2)9-8-14-6-4-3-5-7-14;1-21-16-6-5-15(12-19-16)14(11-17(20)22-2)4-3-13-7-9-18-10-8-13;;;/h3-5,8-9,14,16,19-20,24,34H,6-7,10-13,15,17-18H2,1-2H3,(H2,30,31,32);2-4,7-8,13,15,18-19,23,33H,5-6,9-12,14,16-17H2,1H3,(H,34,35)(H2,29,30,31);10-11,13-15H,3-9,12H2,1-2H3;10-14H,3-9H2,1-2H3;5-6,12-14,18H,3-4,7-11H2,1-2H3;1H4;2*1H/b;;;15-12-;;;;. The number of anilines is 2. The van der Waals surface area contributed by atoms with Crippen molar-refractivity contribution in [2.45, 2.75) is 236 Å². The molecule has 6 atom stereocenters. The number of aliphatic imine (C=N–C) groups is 2. The molecule has 3 saturated heterocycles. The van der Waals surface area contributed by atoms with E-state index in [1.807, 2.05) is 125 Å². The van der Waals surface area contributed by atoms with Crippen LogP contribution < -0.4 is 50.3 Å². The predicted octanol–water partition coefficient (Wildman–Crippen LogP) is 17.6. The molecule has 8 N–H and O–H groups in total. The highest BCUT2D eigenvalue weighted by Crippen LogP contribution is 2.39. The predicted molar refractivity (Wildman–Crippen MR) is 563 cm³/mol. The van der Waals surface area contributed by atoms with E-state index < -0.39 is 18.2 Å². The number of methoxy groups -OCH3 is 9. The summed E-state index contributed by atoms with van der Waals surface area (Å²) >= 11 is 0. The SMILES string of the molecule is C.COC(=O)/C=C(/CCC1CCCCC1)c1ccc(OC)nc1.COC(=O)CC(CCC1CCCCC1)c1ccc(OC)nc1.COC(=O)CC(CCC1CCN(C(=O)c2cccc(NC3=NCC(O)CN3)c2)CC1)c1ccc(OC)nc1.COC(=O)CC(CCC1CCNCC1)c1ccc(OC)nc1.COc1ccc(C(CCC2CCN(C(=O)c3cccc(NC4=NCC(O)CN4)c3)CC2)CC(=O)O)cn1.Cl.Cl. The zero-order valence-corrected chi connectivity index (χ0v) is 86.3. The van der Waals surface area contributed by atoms with Crippen molar-refractivity contribution in [1.29, 1.82) is 0 Å². The molecule has 35 heteroatoms. The minimum Gasteiger partial charge on any atom is -0.481 e. The molecule has 5 aliphatic heterocycles. The summed E-state index contributed by atoms with van der Waals surface area (Å²) < 4.78 is 45.0. The third-order valence-electron chi connectivity index (χ3n) is 27.8. The molecule has 2 aliphatic carbocycles. The lowest BCUT2D eigenvalue weighted by atomic mass is 9.82. The van der Waals surface area contributed by atoms with E-state index in [-0.39, 0.29) is 98.0 Å². The summed E-state index contributed by atoms with van der Waals surface area (Å²) in [6.07, 6.45) is 40.1. The van der Waals surface area contributed by atoms with Crippen LogP contribution in [0.25, 0.3) is 5.57 Å². The van der Waals surface area contributed by atoms with Gasteiger partial charge in [-0.15, -0.1) is 24.8 Å². The smallest absolute Gasteiger partial charge is 0.330 e. The van der Waals surface area contributed by atoms with Gasteiger partial charge in [-0.05, 0) is 245 Å². The van der Waals surface area contributed by atoms with E-state index >= 15 is 0 Å². The van der Waals surface area contributed by atoms with Crippen molar-refractivity contribution in [1.82, 2.24) is 50.7 Å². The second kappa shape index (κ2) is 65.6. The number of nitrogens with one attached hydrogen (secondary N) is 5. The van der Waals surface area contributed by atoms with E-state index in [0.717, 1.165) is 159 Å². The topological polar surface area (TPSA) is 419 Å². The van der Waals surface area contributed by atoms with Gasteiger partial charge >= 0.3 is 29.8 Å². The number of aliphatic hydroxyl groups is 2. The number of carbonyl (C=O) groups is 7. The lowest BCUT2D eigenvalue weighted by Crippen LogP contribution is -2.42. The van der Waals surface area contributed by atoms with Crippen LogP contribution in [-0.4, -0.2) is 245 Å². The number of benzene rings is 2. The number of hydrogen-bond donors (Lipinski definition) is 8. The fourth-order valence-electron chi connectivity index (χ4n) is 19.2. The minimum absolute atomic E-state index is 0. The highest BCUT2D eigenvalue weighted by Gasteiger charge is 2.31. The minimum atomic E-state index is -0.818. The van der Waals surface area contributed by atoms with E-state index in [4.69, 9.17) is 42.6 Å². The first-order valence-corrected chi connectivity index (χ1v) is 50.2. The number of carboxylic acids is 1. The van der Waals surface area contributed by atoms with Crippen LogP contribution in [0.5, 0.6) is 29.4 Å². The van der Waals surface area contributed by atoms with Gasteiger partial charge in [0.15, 0.2) is 11.9 Å². The molecule has 2 aromatic carbocycles. The number of rotatable bonds is 38. The number of likely N-dealkylation sites (tertiary alicyclic amines) is 2. The molecule has 144 heavy (non-hydrogen) atoms. The Morgan fingerprint density at radius 1 is 0.403 bits per heavy atom. The maximum atomic E-state index is 13.2. The van der Waals surface area contributed by atoms with Crippen molar-refractivity contribution in [3.63, 3.8) is 0 Å². The number of aliphatic hydroxyl groups excluding tert-OH is 2. The van der Waals surface area contributed by atoms with Crippen molar-refractivity contribution in [3.8, 4) is 29.4 Å². The number of aromatic nitrogens is 5. The molecule has 5 aromatic heterocycles. The number of piperidine rings is 3. The normalized spacial score (nSPS) is 17.5. The first-order valence-electron chi connectivity index (χ1n) is 50.2. The maximum absolute atomic E-state index is 13.2. The van der Waals surface area contributed by atoms with Crippen LogP contribution in [0.4, 0.5) is 11.4 Å². The fraction of sp³-hybridized carbons (Fsp3) is 0.560. The van der Waals surface area contributed by atoms with Crippen LogP contribution in [0.2, 0.25) is 0 Å². The van der Waals surface area contributed by atoms with Crippen molar-refractivity contribution in [3.05, 3.63) is 185 Å². The zero-order valence-electron chi connectivity index (χ0n) is 84.7. The molecule has 5 fully saturated rings. The number of ether oxygens (including phenoxy) is 9. The summed E-state index contributed by atoms with van der Waals surface area (Å²) in [5, 5.41) is 44.3. The van der Waals surface area contributed by atoms with Crippen molar-refractivity contribution < 1.29 is 91.5 Å². The van der Waals surface area contributed by atoms with Crippen LogP contribution in [-0.2, 0) is 42.9 Å². The second-order valence-electron chi connectivity index (χ2n) is 37.4. The Morgan fingerprint density at radius 3 is 1.04 bits per heavy atom. The summed E-state index contributed by atoms with van der Waals surface area (Å²) in [5.74, 6) is 5.95. The highest BCUT2D eigenvalue weighted by atomic mass is 35.5. The lowest BCUT2D eigenvalue weighted by molar-refractivity contribution is -0.142. The molecule has 0 bridgehead atoms. The summed E-state index contributed by atoms with van der Waals surface area (Å²) in [6.45, 7) is 6.57. The quantitative estimate of drug-likeness (QED) is 0.0101. The number of pyridine rings is 5. The average Bonchev–Trinajstić information content (AvgIpc) is 0.831. The first kappa shape index (κ1) is 119. The molecule has 7 aromatic rings. The van der Waals surface area contributed by atoms with Gasteiger partial charge in [-0.3, -0.25) is 38.8 Å². The number of allylic oxidation sites excluding steroid dienone is 1. The Morgan fingerprint density at radius 2 is 0.736 bits per heavy atom. The summed E-state index contributed by atoms with van der Waals surface area (Å²) in [7, 11) is 13.7. The molecular weight excluding hydrogens is 1880 g/mol. The molecule has 0 radical (unpaired) electrons. The van der Waals surface area contributed by atoms with Gasteiger partial charge in [0.1, 0.15) is 0 Å². The molecule has 2 amide bonds. The summed E-state index contributed by atoms with van der Waals surface area (Å²) in [4.78, 5) is 119. The number of carboxylic acid groups (broad SMARTS) is 1. The van der Waals surface area contributed by atoms with Crippen LogP contribution in [0.1, 0.15) is 272 Å². The van der Waals surface area contributed by atoms with Crippen LogP contribution in [0.3, 0.4) is 0 Å². The number of esters is 4. The largest absolute Gasteiger partial charge is 0.481 e. The van der Waals surface area contributed by atoms with Gasteiger partial charge in [0.25, 0.3) is 11.8 Å². The number of guanidine groups is 2. The van der Waals surface area contributed by atoms with Gasteiger partial charge in [-0.2, -0.15) is 0 Å². The van der Waals surface area contributed by atoms with Gasteiger partial charge in [0.2, 0.25) is 29.4 Å². The molecule has 7 aliphatic rings. The third-order valence-corrected chi connectivity index (χ3v) is 27.8. The lowest BCUT2D eigenvalue weighted by Gasteiger charge is -2.33. The number of hydrogen-bond acceptors (Lipinski definition) is 30. The maximum Gasteiger partial charge on any atom is 0.330 e. The molecule has 0 spiro atoms. The Bertz CT molecular complexity index is 4950. The highest BCUT2D eigenvalue weighted by molar-refractivity contribution is 6.00. The number of carbonyl (C=O) groups excluding carboxylic acids is 6. The van der Waals surface area contributed by atoms with E-state index in [1.54, 1.807) is 66.3 Å². The summed E-state index contributed by atoms with van der Waals surface area (Å²) in [6, 6.07) is 33.7. The fourth-order valence-corrected chi connectivity index (χ4v) is 19.2. The Kier molecular flexibility index (Phi) is 54.3. The number of amides is 2. The van der Waals surface area contributed by atoms with E-state index in [1.165, 1.54) is 112 Å². The molecule has 10 heterocycles. The van der Waals surface area contributed by atoms with Gasteiger partial charge in [-0.25, -0.2) is 29.7 Å². The van der Waals surface area contributed by atoms with Gasteiger partial charge in [0.05, 0.1) is 115 Å². The Labute approximate surface area is 862 Å². The number of aliphatic carboxylic acids is 1. The Balaban J connectivity index is 0.000000249. The zero-order chi connectivity index (χ0) is 100. The van der Waals surface area contributed by atoms with Crippen LogP contribution in [0.15, 0.2) is 156 Å². The van der Waals surface area contributed by atoms with Crippen LogP contribution >= 0.6 is 24.8 Å². The van der Waals surface area contributed by atoms with Crippen molar-refractivity contribution in [2.75, 3.05) is 140 Å². The molecule has 14 rings (SSSR count). The molecular formula is C109H156Cl2N14O19. The molecule has 790 valence electrons. The second-order valence-corrected chi connectivity index (χ2v) is 37.4. The van der Waals surface area contributed by atoms with Gasteiger partial charge in [0, 0.05) is 129 Å². The van der Waals surface area contributed by atoms with E-state index in [2.05, 4.69) is 61.5 Å². The van der Waals surface area contributed by atoms with Gasteiger partial charge in [-0.1, -0.05) is 108 Å². The summed E-state index contributed by atoms with van der Waals surface area (Å²) in [5.41, 5.74) is 8.84. The van der Waals surface area contributed by atoms with E-state index in [9.17, 15) is 48.9 Å². The van der Waals surface area contributed by atoms with Crippen molar-refractivity contribution >= 4 is 95.3 Å². The number of nitrogens with zero attached hydrogens (tertiary/aromatic N) is 9. The molecule has 6 unspecified atom stereocenters. The number of β-amino-alcohol motifs (C(OH)–C–C–N with tert-alkyl or cyclic N) is 2. The monoisotopic (exact) mass is 2040 g/mol. The van der Waals surface area contributed by atoms with Gasteiger partial charge < -0.3 is 94.3 Å². The molecule has 33 nitrogen and oxygen atoms in total. The third kappa shape index (κ3) is 41.4. The number of halogens is 2. The van der Waals surface area contributed by atoms with Crippen LogP contribution in [0, 0.1) is 29.6 Å². The Hall–Kier alpha value is -11.8. The van der Waals surface area contributed by atoms with Crippen molar-refractivity contribution in [2.24, 2.45) is 39.6 Å². The molecule has 2 saturated carbocycles.